The molecule has 3 aromatic rings. The third-order valence-electron chi connectivity index (χ3n) is 4.00. The Kier molecular flexibility index (Phi) is 5.47. The number of carbonyl (C=O) groups is 1. The summed E-state index contributed by atoms with van der Waals surface area (Å²) in [4.78, 5) is 23.1. The van der Waals surface area contributed by atoms with Crippen LogP contribution < -0.4 is 10.1 Å². The lowest BCUT2D eigenvalue weighted by Gasteiger charge is -2.16. The number of nitrogens with one attached hydrogen (secondary N) is 1. The van der Waals surface area contributed by atoms with E-state index in [2.05, 4.69) is 5.32 Å². The number of para-hydroxylation sites is 3. The number of rotatable bonds is 6. The highest BCUT2D eigenvalue weighted by atomic mass is 16.6. The van der Waals surface area contributed by atoms with E-state index >= 15 is 0 Å². The van der Waals surface area contributed by atoms with Gasteiger partial charge in [-0.2, -0.15) is 0 Å². The van der Waals surface area contributed by atoms with Crippen molar-refractivity contribution in [2.45, 2.75) is 13.0 Å². The van der Waals surface area contributed by atoms with Gasteiger partial charge in [0.25, 0.3) is 5.91 Å². The van der Waals surface area contributed by atoms with Crippen molar-refractivity contribution in [2.24, 2.45) is 0 Å². The average molecular weight is 362 g/mol. The Morgan fingerprint density at radius 1 is 0.963 bits per heavy atom. The third-order valence-corrected chi connectivity index (χ3v) is 4.00. The van der Waals surface area contributed by atoms with Gasteiger partial charge in [0.2, 0.25) is 0 Å². The van der Waals surface area contributed by atoms with Gasteiger partial charge >= 0.3 is 5.69 Å². The molecule has 6 nitrogen and oxygen atoms in total. The quantitative estimate of drug-likeness (QED) is 0.510. The topological polar surface area (TPSA) is 81.5 Å². The first-order chi connectivity index (χ1) is 13.1. The van der Waals surface area contributed by atoms with E-state index in [0.29, 0.717) is 5.69 Å². The molecule has 0 fully saturated rings. The molecule has 0 unspecified atom stereocenters. The number of benzene rings is 3. The Balaban J connectivity index is 1.78. The molecular formula is C21H18N2O4. The van der Waals surface area contributed by atoms with Crippen LogP contribution >= 0.6 is 0 Å². The molecule has 1 atom stereocenters. The van der Waals surface area contributed by atoms with E-state index < -0.39 is 16.9 Å². The minimum Gasteiger partial charge on any atom is -0.474 e. The Labute approximate surface area is 156 Å². The zero-order chi connectivity index (χ0) is 19.2. The monoisotopic (exact) mass is 362 g/mol. The van der Waals surface area contributed by atoms with Crippen LogP contribution in [0.4, 0.5) is 11.4 Å². The summed E-state index contributed by atoms with van der Waals surface area (Å²) < 4.78 is 5.53. The normalized spacial score (nSPS) is 11.4. The van der Waals surface area contributed by atoms with Crippen LogP contribution in [0.25, 0.3) is 11.1 Å². The average Bonchev–Trinajstić information content (AvgIpc) is 2.69. The number of anilines is 1. The SMILES string of the molecule is C[C@H](Oc1ccccc1[N+](=O)[O-])C(=O)Nc1ccccc1-c1ccccc1. The van der Waals surface area contributed by atoms with Crippen molar-refractivity contribution >= 4 is 17.3 Å². The van der Waals surface area contributed by atoms with E-state index in [1.165, 1.54) is 12.1 Å². The molecular weight excluding hydrogens is 344 g/mol. The summed E-state index contributed by atoms with van der Waals surface area (Å²) >= 11 is 0. The lowest BCUT2D eigenvalue weighted by atomic mass is 10.0. The Morgan fingerprint density at radius 3 is 2.33 bits per heavy atom. The molecule has 0 aliphatic heterocycles. The lowest BCUT2D eigenvalue weighted by molar-refractivity contribution is -0.386. The van der Waals surface area contributed by atoms with Gasteiger partial charge in [-0.05, 0) is 24.6 Å². The molecule has 0 radical (unpaired) electrons. The van der Waals surface area contributed by atoms with E-state index in [9.17, 15) is 14.9 Å². The highest BCUT2D eigenvalue weighted by molar-refractivity contribution is 5.98. The van der Waals surface area contributed by atoms with Gasteiger partial charge in [-0.15, -0.1) is 0 Å². The first kappa shape index (κ1) is 18.1. The minimum atomic E-state index is -0.907. The summed E-state index contributed by atoms with van der Waals surface area (Å²) in [5, 5.41) is 13.9. The standard InChI is InChI=1S/C21H18N2O4/c1-15(27-20-14-8-7-13-19(20)23(25)26)21(24)22-18-12-6-5-11-17(18)16-9-3-2-4-10-16/h2-15H,1H3,(H,22,24)/t15-/m0/s1. The lowest BCUT2D eigenvalue weighted by Crippen LogP contribution is -2.30. The molecule has 1 N–H and O–H groups in total. The zero-order valence-corrected chi connectivity index (χ0v) is 14.7. The zero-order valence-electron chi connectivity index (χ0n) is 14.7. The van der Waals surface area contributed by atoms with Crippen molar-refractivity contribution in [1.29, 1.82) is 0 Å². The summed E-state index contributed by atoms with van der Waals surface area (Å²) in [7, 11) is 0. The highest BCUT2D eigenvalue weighted by Gasteiger charge is 2.21. The van der Waals surface area contributed by atoms with E-state index in [-0.39, 0.29) is 11.4 Å². The Bertz CT molecular complexity index is 957. The number of ether oxygens (including phenoxy) is 1. The summed E-state index contributed by atoms with van der Waals surface area (Å²) in [5.41, 5.74) is 2.32. The van der Waals surface area contributed by atoms with Crippen molar-refractivity contribution in [3.8, 4) is 16.9 Å². The van der Waals surface area contributed by atoms with Crippen molar-refractivity contribution < 1.29 is 14.5 Å². The van der Waals surface area contributed by atoms with E-state index in [0.717, 1.165) is 11.1 Å². The molecule has 136 valence electrons. The van der Waals surface area contributed by atoms with Crippen LogP contribution in [0.15, 0.2) is 78.9 Å². The van der Waals surface area contributed by atoms with Crippen LogP contribution in [0.3, 0.4) is 0 Å². The first-order valence-electron chi connectivity index (χ1n) is 8.41. The fraction of sp³-hybridized carbons (Fsp3) is 0.0952. The molecule has 0 spiro atoms. The second kappa shape index (κ2) is 8.14. The van der Waals surface area contributed by atoms with Gasteiger partial charge in [-0.1, -0.05) is 60.7 Å². The van der Waals surface area contributed by atoms with Crippen molar-refractivity contribution in [3.05, 3.63) is 89.0 Å². The third kappa shape index (κ3) is 4.30. The second-order valence-corrected chi connectivity index (χ2v) is 5.89. The second-order valence-electron chi connectivity index (χ2n) is 5.89. The number of amides is 1. The van der Waals surface area contributed by atoms with Crippen LogP contribution in [-0.4, -0.2) is 16.9 Å². The predicted molar refractivity (Wildman–Crippen MR) is 104 cm³/mol. The summed E-state index contributed by atoms with van der Waals surface area (Å²) in [6.07, 6.45) is -0.907. The number of hydrogen-bond acceptors (Lipinski definition) is 4. The first-order valence-corrected chi connectivity index (χ1v) is 8.41. The smallest absolute Gasteiger partial charge is 0.310 e. The number of nitrogens with zero attached hydrogens (tertiary/aromatic N) is 1. The summed E-state index contributed by atoms with van der Waals surface area (Å²) in [5.74, 6) is -0.335. The van der Waals surface area contributed by atoms with E-state index in [1.54, 1.807) is 25.1 Å². The molecule has 6 heteroatoms. The fourth-order valence-corrected chi connectivity index (χ4v) is 2.65. The predicted octanol–water partition coefficient (Wildman–Crippen LogP) is 4.67. The van der Waals surface area contributed by atoms with Gasteiger partial charge in [0.15, 0.2) is 11.9 Å². The maximum absolute atomic E-state index is 12.6. The molecule has 0 saturated heterocycles. The molecule has 3 rings (SSSR count). The van der Waals surface area contributed by atoms with Crippen molar-refractivity contribution in [2.75, 3.05) is 5.32 Å². The molecule has 0 aromatic heterocycles. The van der Waals surface area contributed by atoms with Crippen LogP contribution in [0.5, 0.6) is 5.75 Å². The van der Waals surface area contributed by atoms with Gasteiger partial charge < -0.3 is 10.1 Å². The summed E-state index contributed by atoms with van der Waals surface area (Å²) in [6, 6.07) is 23.1. The van der Waals surface area contributed by atoms with E-state index in [1.807, 2.05) is 48.5 Å². The molecule has 0 aliphatic rings. The van der Waals surface area contributed by atoms with Gasteiger partial charge in [0.05, 0.1) is 4.92 Å². The van der Waals surface area contributed by atoms with Crippen LogP contribution in [-0.2, 0) is 4.79 Å². The molecule has 3 aromatic carbocycles. The van der Waals surface area contributed by atoms with Gasteiger partial charge in [0.1, 0.15) is 0 Å². The molecule has 1 amide bonds. The van der Waals surface area contributed by atoms with Crippen LogP contribution in [0.2, 0.25) is 0 Å². The van der Waals surface area contributed by atoms with E-state index in [4.69, 9.17) is 4.74 Å². The molecule has 0 saturated carbocycles. The van der Waals surface area contributed by atoms with Gasteiger partial charge in [-0.3, -0.25) is 14.9 Å². The number of carbonyl (C=O) groups excluding carboxylic acids is 1. The molecule has 0 heterocycles. The number of hydrogen-bond donors (Lipinski definition) is 1. The Hall–Kier alpha value is -3.67. The Morgan fingerprint density at radius 2 is 1.59 bits per heavy atom. The fourth-order valence-electron chi connectivity index (χ4n) is 2.65. The van der Waals surface area contributed by atoms with Gasteiger partial charge in [-0.25, -0.2) is 0 Å². The number of nitro benzene ring substituents is 1. The molecule has 27 heavy (non-hydrogen) atoms. The number of nitro groups is 1. The maximum atomic E-state index is 12.6. The largest absolute Gasteiger partial charge is 0.474 e. The van der Waals surface area contributed by atoms with Gasteiger partial charge in [0, 0.05) is 17.3 Å². The summed E-state index contributed by atoms with van der Waals surface area (Å²) in [6.45, 7) is 1.55. The van der Waals surface area contributed by atoms with Crippen molar-refractivity contribution in [1.82, 2.24) is 0 Å². The van der Waals surface area contributed by atoms with Crippen LogP contribution in [0.1, 0.15) is 6.92 Å². The molecule has 0 aliphatic carbocycles. The minimum absolute atomic E-state index is 0.0569. The van der Waals surface area contributed by atoms with Crippen molar-refractivity contribution in [3.63, 3.8) is 0 Å². The highest BCUT2D eigenvalue weighted by Crippen LogP contribution is 2.29. The maximum Gasteiger partial charge on any atom is 0.310 e. The molecule has 0 bridgehead atoms. The van der Waals surface area contributed by atoms with Crippen LogP contribution in [0, 0.1) is 10.1 Å².